The molecular weight excluding hydrogens is 94.0 g/mol. The van der Waals surface area contributed by atoms with Gasteiger partial charge in [0.1, 0.15) is 6.04 Å². The number of imide groups is 1. The summed E-state index contributed by atoms with van der Waals surface area (Å²) in [4.78, 5) is 21.7. The molecule has 0 aromatic heterocycles. The highest BCUT2D eigenvalue weighted by Crippen LogP contribution is 2.34. The lowest BCUT2D eigenvalue weighted by atomic mass is 10.2. The number of nitrogens with zero attached hydrogens (tertiary/aromatic N) is 1. The van der Waals surface area contributed by atoms with Crippen LogP contribution < -0.4 is 0 Å². The third-order valence-electron chi connectivity index (χ3n) is 1.40. The standard InChI is InChI=1S/C4H3NO2/c6-3-1-2-4(7)5(2)3/h2H,1H2. The molecule has 2 saturated heterocycles. The minimum Gasteiger partial charge on any atom is -0.274 e. The van der Waals surface area contributed by atoms with Crippen molar-refractivity contribution in [3.8, 4) is 0 Å². The van der Waals surface area contributed by atoms with Gasteiger partial charge in [-0.2, -0.15) is 0 Å². The zero-order valence-corrected chi connectivity index (χ0v) is 3.55. The maximum absolute atomic E-state index is 10.2. The summed E-state index contributed by atoms with van der Waals surface area (Å²) in [5.41, 5.74) is 0. The van der Waals surface area contributed by atoms with Crippen LogP contribution in [0.15, 0.2) is 0 Å². The van der Waals surface area contributed by atoms with Gasteiger partial charge in [-0.3, -0.25) is 14.5 Å². The monoisotopic (exact) mass is 97.0 g/mol. The maximum Gasteiger partial charge on any atom is 0.253 e. The second kappa shape index (κ2) is 0.598. The van der Waals surface area contributed by atoms with Crippen LogP contribution in [0.2, 0.25) is 0 Å². The number of β-lactam (4-membered cyclic amide) rings is 1. The van der Waals surface area contributed by atoms with Crippen LogP contribution in [0, 0.1) is 0 Å². The zero-order valence-electron chi connectivity index (χ0n) is 3.55. The van der Waals surface area contributed by atoms with Gasteiger partial charge >= 0.3 is 0 Å². The molecule has 2 aliphatic heterocycles. The fraction of sp³-hybridized carbons (Fsp3) is 0.500. The smallest absolute Gasteiger partial charge is 0.253 e. The molecule has 0 aromatic rings. The van der Waals surface area contributed by atoms with Gasteiger partial charge in [-0.05, 0) is 0 Å². The van der Waals surface area contributed by atoms with Crippen molar-refractivity contribution in [1.29, 1.82) is 0 Å². The molecule has 7 heavy (non-hydrogen) atoms. The third-order valence-corrected chi connectivity index (χ3v) is 1.40. The molecule has 0 saturated carbocycles. The van der Waals surface area contributed by atoms with Gasteiger partial charge in [0.2, 0.25) is 5.91 Å². The Morgan fingerprint density at radius 1 is 1.57 bits per heavy atom. The molecular formula is C4H3NO2. The average Bonchev–Trinajstić information content (AvgIpc) is 2.07. The quantitative estimate of drug-likeness (QED) is 0.224. The van der Waals surface area contributed by atoms with Crippen molar-refractivity contribution >= 4 is 11.8 Å². The van der Waals surface area contributed by atoms with Crippen molar-refractivity contribution in [2.45, 2.75) is 12.5 Å². The number of fused-ring (bicyclic) bond motifs is 1. The van der Waals surface area contributed by atoms with Crippen LogP contribution in [0.4, 0.5) is 0 Å². The van der Waals surface area contributed by atoms with Gasteiger partial charge in [0, 0.05) is 0 Å². The summed E-state index contributed by atoms with van der Waals surface area (Å²) >= 11 is 0. The van der Waals surface area contributed by atoms with E-state index in [2.05, 4.69) is 0 Å². The molecule has 0 spiro atoms. The topological polar surface area (TPSA) is 37.1 Å². The zero-order chi connectivity index (χ0) is 5.02. The Bertz CT molecular complexity index is 155. The predicted molar refractivity (Wildman–Crippen MR) is 20.3 cm³/mol. The van der Waals surface area contributed by atoms with Crippen LogP contribution in [0.5, 0.6) is 0 Å². The van der Waals surface area contributed by atoms with Gasteiger partial charge in [0.25, 0.3) is 5.91 Å². The van der Waals surface area contributed by atoms with E-state index in [0.717, 1.165) is 0 Å². The molecule has 2 heterocycles. The minimum absolute atomic E-state index is 0.00463. The number of amides is 2. The lowest BCUT2D eigenvalue weighted by Gasteiger charge is -2.05. The molecule has 3 nitrogen and oxygen atoms in total. The summed E-state index contributed by atoms with van der Waals surface area (Å²) in [7, 11) is 0. The Kier molecular flexibility index (Phi) is 0.272. The average molecular weight is 97.1 g/mol. The van der Waals surface area contributed by atoms with Gasteiger partial charge in [-0.1, -0.05) is 0 Å². The van der Waals surface area contributed by atoms with Crippen LogP contribution in [0.25, 0.3) is 0 Å². The molecule has 1 unspecified atom stereocenters. The predicted octanol–water partition coefficient (Wildman–Crippen LogP) is -0.873. The van der Waals surface area contributed by atoms with Crippen LogP contribution in [0.3, 0.4) is 0 Å². The number of carbonyl (C=O) groups excluding carboxylic acids is 2. The van der Waals surface area contributed by atoms with E-state index in [9.17, 15) is 9.59 Å². The molecule has 2 amide bonds. The molecule has 0 aliphatic carbocycles. The number of carbonyl (C=O) groups is 2. The number of hydrogen-bond donors (Lipinski definition) is 0. The van der Waals surface area contributed by atoms with Crippen molar-refractivity contribution in [1.82, 2.24) is 4.90 Å². The molecule has 2 aliphatic rings. The Labute approximate surface area is 39.9 Å². The van der Waals surface area contributed by atoms with Crippen molar-refractivity contribution in [2.75, 3.05) is 0 Å². The van der Waals surface area contributed by atoms with E-state index >= 15 is 0 Å². The van der Waals surface area contributed by atoms with E-state index in [1.54, 1.807) is 0 Å². The van der Waals surface area contributed by atoms with Crippen LogP contribution in [-0.2, 0) is 9.59 Å². The fourth-order valence-electron chi connectivity index (χ4n) is 0.844. The molecule has 1 atom stereocenters. The Hall–Kier alpha value is -0.860. The molecule has 3 heteroatoms. The second-order valence-electron chi connectivity index (χ2n) is 1.82. The van der Waals surface area contributed by atoms with E-state index in [4.69, 9.17) is 0 Å². The Morgan fingerprint density at radius 2 is 2.29 bits per heavy atom. The van der Waals surface area contributed by atoms with Gasteiger partial charge in [0.05, 0.1) is 6.42 Å². The highest BCUT2D eigenvalue weighted by molar-refractivity contribution is 6.20. The largest absolute Gasteiger partial charge is 0.274 e. The molecule has 0 N–H and O–H groups in total. The fourth-order valence-corrected chi connectivity index (χ4v) is 0.844. The minimum atomic E-state index is -0.00463. The van der Waals surface area contributed by atoms with Crippen LogP contribution in [-0.4, -0.2) is 22.8 Å². The van der Waals surface area contributed by atoms with E-state index in [0.29, 0.717) is 6.42 Å². The highest BCUT2D eigenvalue weighted by Gasteiger charge is 2.60. The summed E-state index contributed by atoms with van der Waals surface area (Å²) in [5.74, 6) is 0.0139. The molecule has 0 radical (unpaired) electrons. The molecule has 0 bridgehead atoms. The lowest BCUT2D eigenvalue weighted by molar-refractivity contribution is -0.132. The second-order valence-corrected chi connectivity index (χ2v) is 1.82. The van der Waals surface area contributed by atoms with E-state index in [-0.39, 0.29) is 17.9 Å². The Morgan fingerprint density at radius 3 is 2.29 bits per heavy atom. The molecule has 2 fully saturated rings. The first kappa shape index (κ1) is 3.18. The van der Waals surface area contributed by atoms with E-state index in [1.165, 1.54) is 4.90 Å². The van der Waals surface area contributed by atoms with Crippen molar-refractivity contribution in [2.24, 2.45) is 0 Å². The van der Waals surface area contributed by atoms with E-state index in [1.807, 2.05) is 0 Å². The Balaban J connectivity index is 2.33. The normalized spacial score (nSPS) is 34.9. The van der Waals surface area contributed by atoms with Gasteiger partial charge in [-0.25, -0.2) is 0 Å². The summed E-state index contributed by atoms with van der Waals surface area (Å²) in [5, 5.41) is 0. The van der Waals surface area contributed by atoms with Gasteiger partial charge in [-0.15, -0.1) is 0 Å². The SMILES string of the molecule is O=C1CC2C(=O)N12. The van der Waals surface area contributed by atoms with E-state index < -0.39 is 0 Å². The van der Waals surface area contributed by atoms with Crippen LogP contribution in [0.1, 0.15) is 6.42 Å². The highest BCUT2D eigenvalue weighted by atomic mass is 16.2. The number of hydrogen-bond acceptors (Lipinski definition) is 2. The van der Waals surface area contributed by atoms with Crippen molar-refractivity contribution in [3.63, 3.8) is 0 Å². The lowest BCUT2D eigenvalue weighted by Crippen LogP contribution is -2.25. The molecule has 0 aromatic carbocycles. The molecule has 36 valence electrons. The van der Waals surface area contributed by atoms with Gasteiger partial charge < -0.3 is 0 Å². The first-order chi connectivity index (χ1) is 3.30. The summed E-state index contributed by atoms with van der Waals surface area (Å²) in [6.07, 6.45) is 0.471. The summed E-state index contributed by atoms with van der Waals surface area (Å²) in [6.45, 7) is 0. The molecule has 2 rings (SSSR count). The van der Waals surface area contributed by atoms with Crippen molar-refractivity contribution in [3.05, 3.63) is 0 Å². The summed E-state index contributed by atoms with van der Waals surface area (Å²) < 4.78 is 0. The first-order valence-electron chi connectivity index (χ1n) is 2.16. The van der Waals surface area contributed by atoms with Crippen molar-refractivity contribution < 1.29 is 9.59 Å². The first-order valence-corrected chi connectivity index (χ1v) is 2.16. The third kappa shape index (κ3) is 0.173. The summed E-state index contributed by atoms with van der Waals surface area (Å²) in [6, 6.07) is 0.0208. The van der Waals surface area contributed by atoms with Gasteiger partial charge in [0.15, 0.2) is 0 Å². The van der Waals surface area contributed by atoms with Crippen LogP contribution >= 0.6 is 0 Å². The number of rotatable bonds is 0. The maximum atomic E-state index is 10.2.